The largest absolute Gasteiger partial charge is 0.493 e. The van der Waals surface area contributed by atoms with Crippen LogP contribution in [0.5, 0.6) is 5.75 Å². The molecule has 1 aliphatic heterocycles. The molecule has 2 aliphatic carbocycles. The fraction of sp³-hybridized carbons (Fsp3) is 0.667. The highest BCUT2D eigenvalue weighted by atomic mass is 16.5. The summed E-state index contributed by atoms with van der Waals surface area (Å²) in [6.07, 6.45) is 9.75. The first-order valence-corrected chi connectivity index (χ1v) is 8.30. The van der Waals surface area contributed by atoms with Gasteiger partial charge >= 0.3 is 0 Å². The van der Waals surface area contributed by atoms with Crippen LogP contribution in [0.1, 0.15) is 56.4 Å². The number of nitrogens with one attached hydrogen (secondary N) is 1. The Labute approximate surface area is 121 Å². The van der Waals surface area contributed by atoms with Gasteiger partial charge < -0.3 is 10.1 Å². The van der Waals surface area contributed by atoms with Gasteiger partial charge in [-0.1, -0.05) is 31.0 Å². The molecule has 20 heavy (non-hydrogen) atoms. The molecule has 2 fully saturated rings. The van der Waals surface area contributed by atoms with Crippen LogP contribution in [-0.4, -0.2) is 19.2 Å². The second-order valence-electron chi connectivity index (χ2n) is 7.11. The number of rotatable bonds is 5. The van der Waals surface area contributed by atoms with E-state index in [0.717, 1.165) is 18.4 Å². The lowest BCUT2D eigenvalue weighted by atomic mass is 9.76. The Morgan fingerprint density at radius 1 is 1.15 bits per heavy atom. The van der Waals surface area contributed by atoms with Crippen molar-refractivity contribution in [2.75, 3.05) is 13.2 Å². The number of benzene rings is 1. The second-order valence-corrected chi connectivity index (χ2v) is 7.11. The van der Waals surface area contributed by atoms with E-state index in [1.165, 1.54) is 57.1 Å². The molecule has 0 spiro atoms. The van der Waals surface area contributed by atoms with E-state index < -0.39 is 0 Å². The van der Waals surface area contributed by atoms with Gasteiger partial charge in [0.2, 0.25) is 0 Å². The van der Waals surface area contributed by atoms with E-state index in [2.05, 4.69) is 29.6 Å². The summed E-state index contributed by atoms with van der Waals surface area (Å²) < 4.78 is 5.88. The van der Waals surface area contributed by atoms with E-state index in [4.69, 9.17) is 4.74 Å². The normalized spacial score (nSPS) is 27.3. The van der Waals surface area contributed by atoms with E-state index in [1.54, 1.807) is 0 Å². The quantitative estimate of drug-likeness (QED) is 0.878. The Kier molecular flexibility index (Phi) is 3.22. The smallest absolute Gasteiger partial charge is 0.122 e. The highest BCUT2D eigenvalue weighted by Gasteiger charge is 2.39. The van der Waals surface area contributed by atoms with Crippen LogP contribution in [0.4, 0.5) is 0 Å². The van der Waals surface area contributed by atoms with Crippen LogP contribution in [0.25, 0.3) is 0 Å². The van der Waals surface area contributed by atoms with Crippen molar-refractivity contribution in [1.29, 1.82) is 0 Å². The summed E-state index contributed by atoms with van der Waals surface area (Å²) >= 11 is 0. The summed E-state index contributed by atoms with van der Waals surface area (Å²) in [5.74, 6) is 1.74. The number of para-hydroxylation sites is 1. The third-order valence-corrected chi connectivity index (χ3v) is 5.49. The molecule has 1 heterocycles. The first-order valence-electron chi connectivity index (χ1n) is 8.30. The maximum Gasteiger partial charge on any atom is 0.122 e. The predicted octanol–water partition coefficient (Wildman–Crippen LogP) is 3.87. The van der Waals surface area contributed by atoms with Gasteiger partial charge in [0.1, 0.15) is 5.75 Å². The molecular formula is C18H25NO. The number of ether oxygens (including phenoxy) is 1. The Hall–Kier alpha value is -1.02. The molecule has 0 saturated heterocycles. The van der Waals surface area contributed by atoms with Crippen LogP contribution in [0, 0.1) is 5.41 Å². The van der Waals surface area contributed by atoms with Gasteiger partial charge in [-0.15, -0.1) is 0 Å². The summed E-state index contributed by atoms with van der Waals surface area (Å²) in [6.45, 7) is 2.13. The molecule has 0 bridgehead atoms. The summed E-state index contributed by atoms with van der Waals surface area (Å²) in [7, 11) is 0. The molecule has 0 radical (unpaired) electrons. The maximum absolute atomic E-state index is 5.88. The standard InChI is InChI=1S/C18H25NO/c1-2-6-17-16(5-1)14(12-20-17)11-18(9-3-4-10-18)13-19-15-7-8-15/h1-2,5-6,14-15,19H,3-4,7-13H2. The van der Waals surface area contributed by atoms with Crippen LogP contribution in [-0.2, 0) is 0 Å². The van der Waals surface area contributed by atoms with Gasteiger partial charge in [-0.05, 0) is 43.6 Å². The highest BCUT2D eigenvalue weighted by molar-refractivity contribution is 5.39. The molecule has 2 saturated carbocycles. The lowest BCUT2D eigenvalue weighted by Crippen LogP contribution is -2.35. The molecule has 108 valence electrons. The van der Waals surface area contributed by atoms with Crippen molar-refractivity contribution in [3.8, 4) is 5.75 Å². The molecule has 2 nitrogen and oxygen atoms in total. The molecule has 3 aliphatic rings. The van der Waals surface area contributed by atoms with Crippen molar-refractivity contribution in [3.05, 3.63) is 29.8 Å². The third-order valence-electron chi connectivity index (χ3n) is 5.49. The zero-order chi connectivity index (χ0) is 13.4. The van der Waals surface area contributed by atoms with E-state index in [-0.39, 0.29) is 0 Å². The van der Waals surface area contributed by atoms with Gasteiger partial charge in [-0.2, -0.15) is 0 Å². The molecule has 1 N–H and O–H groups in total. The van der Waals surface area contributed by atoms with Gasteiger partial charge in [0.15, 0.2) is 0 Å². The van der Waals surface area contributed by atoms with E-state index >= 15 is 0 Å². The Morgan fingerprint density at radius 2 is 1.95 bits per heavy atom. The van der Waals surface area contributed by atoms with Gasteiger partial charge in [0.25, 0.3) is 0 Å². The van der Waals surface area contributed by atoms with Gasteiger partial charge in [-0.3, -0.25) is 0 Å². The molecule has 1 aromatic carbocycles. The molecule has 1 atom stereocenters. The average molecular weight is 271 g/mol. The zero-order valence-electron chi connectivity index (χ0n) is 12.2. The van der Waals surface area contributed by atoms with Gasteiger partial charge in [0, 0.05) is 24.1 Å². The number of hydrogen-bond donors (Lipinski definition) is 1. The van der Waals surface area contributed by atoms with Gasteiger partial charge in [0.05, 0.1) is 6.61 Å². The molecule has 1 aromatic rings. The molecule has 2 heteroatoms. The minimum atomic E-state index is 0.536. The molecule has 0 aromatic heterocycles. The molecular weight excluding hydrogens is 246 g/mol. The van der Waals surface area contributed by atoms with Crippen molar-refractivity contribution in [3.63, 3.8) is 0 Å². The summed E-state index contributed by atoms with van der Waals surface area (Å²) in [5.41, 5.74) is 1.99. The lowest BCUT2D eigenvalue weighted by Gasteiger charge is -2.32. The first-order chi connectivity index (χ1) is 9.85. The average Bonchev–Trinajstić information content (AvgIpc) is 3.07. The second kappa shape index (κ2) is 5.07. The minimum absolute atomic E-state index is 0.536. The van der Waals surface area contributed by atoms with Crippen molar-refractivity contribution >= 4 is 0 Å². The Bertz CT molecular complexity index is 474. The molecule has 4 rings (SSSR count). The van der Waals surface area contributed by atoms with Gasteiger partial charge in [-0.25, -0.2) is 0 Å². The van der Waals surface area contributed by atoms with Crippen LogP contribution < -0.4 is 10.1 Å². The minimum Gasteiger partial charge on any atom is -0.493 e. The zero-order valence-corrected chi connectivity index (χ0v) is 12.2. The molecule has 1 unspecified atom stereocenters. The van der Waals surface area contributed by atoms with Crippen LogP contribution in [0.2, 0.25) is 0 Å². The molecule has 0 amide bonds. The summed E-state index contributed by atoms with van der Waals surface area (Å²) in [5, 5.41) is 3.80. The fourth-order valence-corrected chi connectivity index (χ4v) is 4.15. The van der Waals surface area contributed by atoms with Crippen molar-refractivity contribution in [2.45, 2.75) is 56.9 Å². The fourth-order valence-electron chi connectivity index (χ4n) is 4.15. The van der Waals surface area contributed by atoms with Crippen molar-refractivity contribution in [1.82, 2.24) is 5.32 Å². The van der Waals surface area contributed by atoms with Crippen molar-refractivity contribution in [2.24, 2.45) is 5.41 Å². The van der Waals surface area contributed by atoms with E-state index in [9.17, 15) is 0 Å². The SMILES string of the molecule is c1ccc2c(c1)OCC2CC1(CNC2CC2)CCCC1. The summed E-state index contributed by atoms with van der Waals surface area (Å²) in [6, 6.07) is 9.47. The van der Waals surface area contributed by atoms with Crippen molar-refractivity contribution < 1.29 is 4.74 Å². The lowest BCUT2D eigenvalue weighted by molar-refractivity contribution is 0.215. The van der Waals surface area contributed by atoms with Crippen LogP contribution in [0.15, 0.2) is 24.3 Å². The first kappa shape index (κ1) is 12.7. The van der Waals surface area contributed by atoms with Crippen LogP contribution in [0.3, 0.4) is 0 Å². The number of fused-ring (bicyclic) bond motifs is 1. The van der Waals surface area contributed by atoms with E-state index in [1.807, 2.05) is 0 Å². The maximum atomic E-state index is 5.88. The number of hydrogen-bond acceptors (Lipinski definition) is 2. The van der Waals surface area contributed by atoms with Crippen LogP contribution >= 0.6 is 0 Å². The Balaban J connectivity index is 1.48. The monoisotopic (exact) mass is 271 g/mol. The third kappa shape index (κ3) is 2.46. The van der Waals surface area contributed by atoms with E-state index in [0.29, 0.717) is 11.3 Å². The highest BCUT2D eigenvalue weighted by Crippen LogP contribution is 2.48. The predicted molar refractivity (Wildman–Crippen MR) is 81.2 cm³/mol. The topological polar surface area (TPSA) is 21.3 Å². The summed E-state index contributed by atoms with van der Waals surface area (Å²) in [4.78, 5) is 0. The Morgan fingerprint density at radius 3 is 2.75 bits per heavy atom.